The summed E-state index contributed by atoms with van der Waals surface area (Å²) in [5.74, 6) is -5.60. The molecule has 0 aliphatic heterocycles. The quantitative estimate of drug-likeness (QED) is 0.0353. The Kier molecular flexibility index (Phi) is 18.0. The minimum absolute atomic E-state index is 0.0247. The van der Waals surface area contributed by atoms with Gasteiger partial charge in [0.25, 0.3) is 0 Å². The van der Waals surface area contributed by atoms with Crippen molar-refractivity contribution >= 4 is 41.5 Å². The Hall–Kier alpha value is -3.99. The van der Waals surface area contributed by atoms with Crippen LogP contribution in [-0.4, -0.2) is 90.4 Å². The lowest BCUT2D eigenvalue weighted by atomic mass is 10.0. The summed E-state index contributed by atoms with van der Waals surface area (Å²) in [5, 5.41) is 29.0. The molecule has 0 aliphatic rings. The van der Waals surface area contributed by atoms with Gasteiger partial charge in [0.05, 0.1) is 12.6 Å². The summed E-state index contributed by atoms with van der Waals surface area (Å²) >= 11 is 0. The second kappa shape index (κ2) is 20.0. The van der Waals surface area contributed by atoms with E-state index in [-0.39, 0.29) is 38.2 Å². The van der Waals surface area contributed by atoms with Gasteiger partial charge in [-0.3, -0.25) is 29.4 Å². The molecule has 234 valence electrons. The number of hydrogen-bond acceptors (Lipinski definition) is 9. The fourth-order valence-corrected chi connectivity index (χ4v) is 3.57. The topological polar surface area (TPSA) is 311 Å². The molecule has 0 aromatic heterocycles. The summed E-state index contributed by atoms with van der Waals surface area (Å²) in [7, 11) is 0. The van der Waals surface area contributed by atoms with E-state index in [0.717, 1.165) is 0 Å². The zero-order chi connectivity index (χ0) is 31.5. The predicted molar refractivity (Wildman–Crippen MR) is 150 cm³/mol. The van der Waals surface area contributed by atoms with Gasteiger partial charge in [-0.15, -0.1) is 0 Å². The van der Waals surface area contributed by atoms with E-state index >= 15 is 0 Å². The molecular formula is C24H46N10O7. The molecule has 0 saturated heterocycles. The van der Waals surface area contributed by atoms with E-state index in [0.29, 0.717) is 25.8 Å². The van der Waals surface area contributed by atoms with Gasteiger partial charge in [-0.1, -0.05) is 20.3 Å². The van der Waals surface area contributed by atoms with Gasteiger partial charge < -0.3 is 54.6 Å². The van der Waals surface area contributed by atoms with Crippen LogP contribution in [0.5, 0.6) is 0 Å². The zero-order valence-corrected chi connectivity index (χ0v) is 23.7. The number of nitrogens with one attached hydrogen (secondary N) is 6. The third kappa shape index (κ3) is 16.7. The molecule has 0 saturated carbocycles. The van der Waals surface area contributed by atoms with Gasteiger partial charge in [0.15, 0.2) is 5.96 Å². The Labute approximate surface area is 239 Å². The number of carboxylic acid groups (broad SMARTS) is 1. The lowest BCUT2D eigenvalue weighted by Crippen LogP contribution is -2.58. The van der Waals surface area contributed by atoms with Crippen LogP contribution < -0.4 is 49.5 Å². The highest BCUT2D eigenvalue weighted by Gasteiger charge is 2.31. The first kappa shape index (κ1) is 37.0. The molecule has 0 aromatic rings. The molecule has 4 atom stereocenters. The molecule has 17 heteroatoms. The SMILES string of the molecule is CC(C)[C@H](NC(=O)CNC(=O)[C@@H](N)CCCCN)C(=O)N[C@@H](CCCNC(=N)N)C(=O)N[C@@H](CCC(N)=O)C(=O)O. The van der Waals surface area contributed by atoms with Gasteiger partial charge >= 0.3 is 5.97 Å². The molecule has 41 heavy (non-hydrogen) atoms. The van der Waals surface area contributed by atoms with Gasteiger partial charge in [-0.25, -0.2) is 4.79 Å². The van der Waals surface area contributed by atoms with Crippen LogP contribution in [0.25, 0.3) is 0 Å². The van der Waals surface area contributed by atoms with Crippen molar-refractivity contribution < 1.29 is 33.9 Å². The monoisotopic (exact) mass is 586 g/mol. The van der Waals surface area contributed by atoms with E-state index in [9.17, 15) is 33.9 Å². The van der Waals surface area contributed by atoms with Crippen molar-refractivity contribution in [1.29, 1.82) is 5.41 Å². The van der Waals surface area contributed by atoms with Crippen LogP contribution in [0.1, 0.15) is 58.8 Å². The molecule has 0 heterocycles. The fourth-order valence-electron chi connectivity index (χ4n) is 3.57. The number of carboxylic acids is 1. The maximum atomic E-state index is 13.1. The average molecular weight is 587 g/mol. The molecule has 0 rings (SSSR count). The van der Waals surface area contributed by atoms with Crippen molar-refractivity contribution in [3.63, 3.8) is 0 Å². The summed E-state index contributed by atoms with van der Waals surface area (Å²) in [4.78, 5) is 73.4. The first-order valence-corrected chi connectivity index (χ1v) is 13.4. The molecule has 0 aliphatic carbocycles. The first-order valence-electron chi connectivity index (χ1n) is 13.4. The second-order valence-electron chi connectivity index (χ2n) is 9.85. The Morgan fingerprint density at radius 3 is 1.98 bits per heavy atom. The van der Waals surface area contributed by atoms with Crippen LogP contribution in [0, 0.1) is 11.3 Å². The Morgan fingerprint density at radius 1 is 0.805 bits per heavy atom. The number of nitrogens with two attached hydrogens (primary N) is 4. The van der Waals surface area contributed by atoms with E-state index in [1.165, 1.54) is 0 Å². The highest BCUT2D eigenvalue weighted by atomic mass is 16.4. The Bertz CT molecular complexity index is 915. The third-order valence-corrected chi connectivity index (χ3v) is 5.91. The molecule has 0 spiro atoms. The summed E-state index contributed by atoms with van der Waals surface area (Å²) in [6.45, 7) is 3.56. The molecular weight excluding hydrogens is 540 g/mol. The molecule has 0 aromatic carbocycles. The van der Waals surface area contributed by atoms with Crippen LogP contribution in [0.15, 0.2) is 0 Å². The molecule has 0 radical (unpaired) electrons. The maximum absolute atomic E-state index is 13.1. The highest BCUT2D eigenvalue weighted by molar-refractivity contribution is 5.94. The lowest BCUT2D eigenvalue weighted by molar-refractivity contribution is -0.142. The number of unbranched alkanes of at least 4 members (excludes halogenated alkanes) is 1. The molecule has 17 nitrogen and oxygen atoms in total. The van der Waals surface area contributed by atoms with Crippen molar-refractivity contribution in [2.24, 2.45) is 28.9 Å². The molecule has 0 unspecified atom stereocenters. The molecule has 0 fully saturated rings. The molecule has 0 bridgehead atoms. The average Bonchev–Trinajstić information content (AvgIpc) is 2.88. The van der Waals surface area contributed by atoms with E-state index < -0.39 is 72.1 Å². The second-order valence-corrected chi connectivity index (χ2v) is 9.85. The summed E-state index contributed by atoms with van der Waals surface area (Å²) in [6.07, 6.45) is 1.51. The van der Waals surface area contributed by atoms with E-state index in [4.69, 9.17) is 28.3 Å². The van der Waals surface area contributed by atoms with Crippen LogP contribution in [0.4, 0.5) is 0 Å². The standard InChI is InChI=1S/C24H46N10O7/c1-13(2)19(34-18(36)12-31-20(37)14(26)6-3-4-10-25)22(39)32-15(7-5-11-30-24(28)29)21(38)33-16(23(40)41)8-9-17(27)35/h13-16,19H,3-12,25-26H2,1-2H3,(H2,27,35)(H,31,37)(H,32,39)(H,33,38)(H,34,36)(H,40,41)(H4,28,29,30)/t14-,15-,16-,19-/m0/s1. The third-order valence-electron chi connectivity index (χ3n) is 5.91. The van der Waals surface area contributed by atoms with Gasteiger partial charge in [0, 0.05) is 13.0 Å². The summed E-state index contributed by atoms with van der Waals surface area (Å²) in [6, 6.07) is -4.58. The van der Waals surface area contributed by atoms with Crippen LogP contribution in [-0.2, 0) is 28.8 Å². The fraction of sp³-hybridized carbons (Fsp3) is 0.708. The van der Waals surface area contributed by atoms with Crippen molar-refractivity contribution in [2.75, 3.05) is 19.6 Å². The first-order chi connectivity index (χ1) is 19.2. The molecule has 5 amide bonds. The van der Waals surface area contributed by atoms with Crippen LogP contribution >= 0.6 is 0 Å². The van der Waals surface area contributed by atoms with Gasteiger partial charge in [-0.2, -0.15) is 0 Å². The molecule has 15 N–H and O–H groups in total. The summed E-state index contributed by atoms with van der Waals surface area (Å²) < 4.78 is 0. The van der Waals surface area contributed by atoms with E-state index in [1.54, 1.807) is 13.8 Å². The van der Waals surface area contributed by atoms with E-state index in [2.05, 4.69) is 26.6 Å². The number of aliphatic carboxylic acids is 1. The van der Waals surface area contributed by atoms with Gasteiger partial charge in [-0.05, 0) is 44.6 Å². The maximum Gasteiger partial charge on any atom is 0.326 e. The Balaban J connectivity index is 5.38. The van der Waals surface area contributed by atoms with Crippen LogP contribution in [0.3, 0.4) is 0 Å². The number of amides is 5. The van der Waals surface area contributed by atoms with Crippen molar-refractivity contribution in [3.05, 3.63) is 0 Å². The number of rotatable bonds is 21. The number of carbonyl (C=O) groups is 6. The smallest absolute Gasteiger partial charge is 0.326 e. The number of primary amides is 1. The van der Waals surface area contributed by atoms with Crippen molar-refractivity contribution in [1.82, 2.24) is 26.6 Å². The number of guanidine groups is 1. The number of carbonyl (C=O) groups excluding carboxylic acids is 5. The van der Waals surface area contributed by atoms with Gasteiger partial charge in [0.1, 0.15) is 18.1 Å². The highest BCUT2D eigenvalue weighted by Crippen LogP contribution is 2.07. The van der Waals surface area contributed by atoms with Crippen LogP contribution in [0.2, 0.25) is 0 Å². The Morgan fingerprint density at radius 2 is 1.44 bits per heavy atom. The van der Waals surface area contributed by atoms with Crippen molar-refractivity contribution in [2.45, 2.75) is 83.0 Å². The van der Waals surface area contributed by atoms with Crippen molar-refractivity contribution in [3.8, 4) is 0 Å². The normalized spacial score (nSPS) is 13.7. The largest absolute Gasteiger partial charge is 0.480 e. The minimum Gasteiger partial charge on any atom is -0.480 e. The predicted octanol–water partition coefficient (Wildman–Crippen LogP) is -3.72. The summed E-state index contributed by atoms with van der Waals surface area (Å²) in [5.41, 5.74) is 21.6. The van der Waals surface area contributed by atoms with Gasteiger partial charge in [0.2, 0.25) is 29.5 Å². The number of hydrogen-bond donors (Lipinski definition) is 11. The van der Waals surface area contributed by atoms with E-state index in [1.807, 2.05) is 0 Å². The zero-order valence-electron chi connectivity index (χ0n) is 23.7. The minimum atomic E-state index is -1.43. The lowest BCUT2D eigenvalue weighted by Gasteiger charge is -2.26.